The maximum absolute atomic E-state index is 12.0. The SMILES string of the molecule is CC1CCNCCN1CCC(F)(F)F. The fourth-order valence-electron chi connectivity index (χ4n) is 1.66. The quantitative estimate of drug-likeness (QED) is 0.745. The van der Waals surface area contributed by atoms with Gasteiger partial charge in [0.05, 0.1) is 6.42 Å². The zero-order valence-corrected chi connectivity index (χ0v) is 8.40. The fourth-order valence-corrected chi connectivity index (χ4v) is 1.66. The molecule has 1 unspecified atom stereocenters. The first kappa shape index (κ1) is 11.8. The lowest BCUT2D eigenvalue weighted by Crippen LogP contribution is -2.36. The molecule has 1 aliphatic heterocycles. The van der Waals surface area contributed by atoms with Crippen molar-refractivity contribution in [2.75, 3.05) is 26.2 Å². The highest BCUT2D eigenvalue weighted by molar-refractivity contribution is 4.74. The minimum absolute atomic E-state index is 0.131. The Kier molecular flexibility index (Phi) is 4.19. The normalized spacial score (nSPS) is 26.1. The zero-order valence-electron chi connectivity index (χ0n) is 8.40. The Labute approximate surface area is 82.5 Å². The monoisotopic (exact) mass is 210 g/mol. The van der Waals surface area contributed by atoms with Gasteiger partial charge >= 0.3 is 6.18 Å². The van der Waals surface area contributed by atoms with E-state index in [9.17, 15) is 13.2 Å². The number of hydrogen-bond donors (Lipinski definition) is 1. The molecule has 1 N–H and O–H groups in total. The second-order valence-electron chi connectivity index (χ2n) is 3.79. The molecule has 14 heavy (non-hydrogen) atoms. The van der Waals surface area contributed by atoms with E-state index in [2.05, 4.69) is 5.32 Å². The first-order chi connectivity index (χ1) is 6.49. The van der Waals surface area contributed by atoms with Gasteiger partial charge in [-0.3, -0.25) is 4.90 Å². The predicted molar refractivity (Wildman–Crippen MR) is 49.2 cm³/mol. The van der Waals surface area contributed by atoms with E-state index >= 15 is 0 Å². The van der Waals surface area contributed by atoms with Crippen molar-refractivity contribution in [2.45, 2.75) is 32.0 Å². The van der Waals surface area contributed by atoms with Crippen molar-refractivity contribution in [1.29, 1.82) is 0 Å². The summed E-state index contributed by atoms with van der Waals surface area (Å²) in [6.45, 7) is 4.54. The summed E-state index contributed by atoms with van der Waals surface area (Å²) in [5.74, 6) is 0. The molecule has 1 fully saturated rings. The molecule has 1 heterocycles. The number of alkyl halides is 3. The van der Waals surface area contributed by atoms with Gasteiger partial charge in [0.15, 0.2) is 0 Å². The van der Waals surface area contributed by atoms with E-state index in [0.717, 1.165) is 26.1 Å². The fraction of sp³-hybridized carbons (Fsp3) is 1.00. The molecule has 1 aliphatic rings. The van der Waals surface area contributed by atoms with Crippen LogP contribution in [0.15, 0.2) is 0 Å². The molecule has 2 nitrogen and oxygen atoms in total. The Hall–Kier alpha value is -0.290. The maximum atomic E-state index is 12.0. The molecule has 0 spiro atoms. The van der Waals surface area contributed by atoms with Crippen molar-refractivity contribution in [3.8, 4) is 0 Å². The average molecular weight is 210 g/mol. The summed E-state index contributed by atoms with van der Waals surface area (Å²) in [6, 6.07) is 0.257. The summed E-state index contributed by atoms with van der Waals surface area (Å²) in [7, 11) is 0. The van der Waals surface area contributed by atoms with Crippen molar-refractivity contribution in [3.05, 3.63) is 0 Å². The zero-order chi connectivity index (χ0) is 10.6. The van der Waals surface area contributed by atoms with Crippen LogP contribution in [-0.2, 0) is 0 Å². The van der Waals surface area contributed by atoms with Crippen molar-refractivity contribution in [1.82, 2.24) is 10.2 Å². The van der Waals surface area contributed by atoms with Crippen LogP contribution in [0.4, 0.5) is 13.2 Å². The van der Waals surface area contributed by atoms with Gasteiger partial charge in [0.2, 0.25) is 0 Å². The number of nitrogens with one attached hydrogen (secondary N) is 1. The third-order valence-corrected chi connectivity index (χ3v) is 2.62. The molecule has 0 aromatic carbocycles. The molecule has 0 amide bonds. The lowest BCUT2D eigenvalue weighted by molar-refractivity contribution is -0.138. The first-order valence-electron chi connectivity index (χ1n) is 5.00. The van der Waals surface area contributed by atoms with Crippen LogP contribution in [0.2, 0.25) is 0 Å². The lowest BCUT2D eigenvalue weighted by atomic mass is 10.2. The molecule has 5 heteroatoms. The summed E-state index contributed by atoms with van der Waals surface area (Å²) in [4.78, 5) is 1.91. The molecule has 0 aliphatic carbocycles. The highest BCUT2D eigenvalue weighted by Crippen LogP contribution is 2.20. The van der Waals surface area contributed by atoms with Crippen LogP contribution in [0.3, 0.4) is 0 Å². The third kappa shape index (κ3) is 4.28. The van der Waals surface area contributed by atoms with Crippen LogP contribution in [0, 0.1) is 0 Å². The first-order valence-corrected chi connectivity index (χ1v) is 5.00. The number of hydrogen-bond acceptors (Lipinski definition) is 2. The van der Waals surface area contributed by atoms with Crippen molar-refractivity contribution >= 4 is 0 Å². The van der Waals surface area contributed by atoms with Gasteiger partial charge in [-0.2, -0.15) is 13.2 Å². The predicted octanol–water partition coefficient (Wildman–Crippen LogP) is 1.62. The Morgan fingerprint density at radius 3 is 2.71 bits per heavy atom. The van der Waals surface area contributed by atoms with Gasteiger partial charge in [0.25, 0.3) is 0 Å². The van der Waals surface area contributed by atoms with Gasteiger partial charge < -0.3 is 5.32 Å². The second kappa shape index (κ2) is 4.98. The van der Waals surface area contributed by atoms with E-state index in [-0.39, 0.29) is 12.6 Å². The van der Waals surface area contributed by atoms with Gasteiger partial charge in [-0.25, -0.2) is 0 Å². The Balaban J connectivity index is 2.33. The van der Waals surface area contributed by atoms with Crippen LogP contribution in [0.1, 0.15) is 19.8 Å². The summed E-state index contributed by atoms with van der Waals surface area (Å²) in [5, 5.41) is 3.18. The minimum atomic E-state index is -4.03. The van der Waals surface area contributed by atoms with E-state index in [1.165, 1.54) is 0 Å². The minimum Gasteiger partial charge on any atom is -0.315 e. The summed E-state index contributed by atoms with van der Waals surface area (Å²) >= 11 is 0. The molecule has 1 atom stereocenters. The molecule has 0 aromatic rings. The molecule has 0 bridgehead atoms. The Morgan fingerprint density at radius 2 is 2.07 bits per heavy atom. The summed E-state index contributed by atoms with van der Waals surface area (Å²) < 4.78 is 36.0. The molecular weight excluding hydrogens is 193 g/mol. The molecule has 0 aromatic heterocycles. The van der Waals surface area contributed by atoms with E-state index in [1.54, 1.807) is 0 Å². The smallest absolute Gasteiger partial charge is 0.315 e. The molecule has 0 saturated carbocycles. The van der Waals surface area contributed by atoms with E-state index < -0.39 is 12.6 Å². The van der Waals surface area contributed by atoms with Crippen LogP contribution >= 0.6 is 0 Å². The molecule has 84 valence electrons. The molecule has 1 rings (SSSR count). The van der Waals surface area contributed by atoms with Gasteiger partial charge in [-0.1, -0.05) is 0 Å². The van der Waals surface area contributed by atoms with Crippen LogP contribution in [0.5, 0.6) is 0 Å². The Bertz CT molecular complexity index is 170. The van der Waals surface area contributed by atoms with Crippen molar-refractivity contribution in [3.63, 3.8) is 0 Å². The van der Waals surface area contributed by atoms with Gasteiger partial charge in [0.1, 0.15) is 0 Å². The number of halogens is 3. The van der Waals surface area contributed by atoms with E-state index in [0.29, 0.717) is 0 Å². The maximum Gasteiger partial charge on any atom is 0.390 e. The van der Waals surface area contributed by atoms with E-state index in [4.69, 9.17) is 0 Å². The Morgan fingerprint density at radius 1 is 1.36 bits per heavy atom. The summed E-state index contributed by atoms with van der Waals surface area (Å²) in [6.07, 6.45) is -3.80. The topological polar surface area (TPSA) is 15.3 Å². The number of nitrogens with zero attached hydrogens (tertiary/aromatic N) is 1. The largest absolute Gasteiger partial charge is 0.390 e. The molecule has 1 saturated heterocycles. The lowest BCUT2D eigenvalue weighted by Gasteiger charge is -2.26. The molecule has 0 radical (unpaired) electrons. The standard InChI is InChI=1S/C9H17F3N2/c1-8-2-4-13-5-7-14(8)6-3-9(10,11)12/h8,13H,2-7H2,1H3. The molecular formula is C9H17F3N2. The summed E-state index contributed by atoms with van der Waals surface area (Å²) in [5.41, 5.74) is 0. The van der Waals surface area contributed by atoms with Crippen LogP contribution in [-0.4, -0.2) is 43.3 Å². The van der Waals surface area contributed by atoms with E-state index in [1.807, 2.05) is 11.8 Å². The number of rotatable bonds is 2. The third-order valence-electron chi connectivity index (χ3n) is 2.62. The highest BCUT2D eigenvalue weighted by atomic mass is 19.4. The van der Waals surface area contributed by atoms with Gasteiger partial charge in [-0.15, -0.1) is 0 Å². The van der Waals surface area contributed by atoms with Crippen LogP contribution in [0.25, 0.3) is 0 Å². The van der Waals surface area contributed by atoms with Crippen molar-refractivity contribution in [2.24, 2.45) is 0 Å². The second-order valence-corrected chi connectivity index (χ2v) is 3.79. The van der Waals surface area contributed by atoms with Crippen molar-refractivity contribution < 1.29 is 13.2 Å². The highest BCUT2D eigenvalue weighted by Gasteiger charge is 2.29. The van der Waals surface area contributed by atoms with Gasteiger partial charge in [0, 0.05) is 25.7 Å². The van der Waals surface area contributed by atoms with Gasteiger partial charge in [-0.05, 0) is 19.9 Å². The average Bonchev–Trinajstić information content (AvgIpc) is 2.25. The van der Waals surface area contributed by atoms with Crippen LogP contribution < -0.4 is 5.32 Å².